The number of nitrogens with two attached hydrogens (primary N) is 3. The van der Waals surface area contributed by atoms with E-state index < -0.39 is 189 Å². The molecule has 9 atom stereocenters. The van der Waals surface area contributed by atoms with Crippen LogP contribution in [0, 0.1) is 5.92 Å². The summed E-state index contributed by atoms with van der Waals surface area (Å²) in [6.45, 7) is -1.22. The first-order chi connectivity index (χ1) is 35.3. The quantitative estimate of drug-likeness (QED) is 0.0275. The maximum atomic E-state index is 13.6. The zero-order chi connectivity index (χ0) is 56.9. The molecular weight excluding hydrogens is 1000 g/mol. The molecule has 22 N–H and O–H groups in total. The fourth-order valence-electron chi connectivity index (χ4n) is 6.46. The molecule has 0 spiro atoms. The lowest BCUT2D eigenvalue weighted by molar-refractivity contribution is -0.144. The van der Waals surface area contributed by atoms with Crippen LogP contribution in [0.15, 0.2) is 12.5 Å². The van der Waals surface area contributed by atoms with Crippen molar-refractivity contribution in [3.8, 4) is 0 Å². The predicted molar refractivity (Wildman–Crippen MR) is 253 cm³/mol. The van der Waals surface area contributed by atoms with Gasteiger partial charge in [0.15, 0.2) is 0 Å². The Bertz CT molecular complexity index is 2150. The van der Waals surface area contributed by atoms with E-state index >= 15 is 0 Å². The highest BCUT2D eigenvalue weighted by molar-refractivity contribution is 5.98. The number of hydrogen-bond acceptors (Lipinski definition) is 19. The van der Waals surface area contributed by atoms with Crippen LogP contribution in [-0.2, 0) is 68.7 Å². The average Bonchev–Trinajstić information content (AvgIpc) is 3.87. The van der Waals surface area contributed by atoms with E-state index in [9.17, 15) is 87.9 Å². The molecule has 0 aliphatic heterocycles. The minimum Gasteiger partial charge on any atom is -0.481 e. The smallest absolute Gasteiger partial charge is 0.326 e. The van der Waals surface area contributed by atoms with E-state index in [0.29, 0.717) is 6.42 Å². The number of unbranched alkanes of at least 4 members (excludes halogenated alkanes) is 1. The number of carboxylic acid groups (broad SMARTS) is 3. The van der Waals surface area contributed by atoms with Gasteiger partial charge < -0.3 is 101 Å². The summed E-state index contributed by atoms with van der Waals surface area (Å²) in [4.78, 5) is 171. The Balaban J connectivity index is 3.13. The normalized spacial score (nSPS) is 14.6. The summed E-state index contributed by atoms with van der Waals surface area (Å²) < 4.78 is 0. The molecule has 420 valence electrons. The number of nitrogens with one attached hydrogen (secondary N) is 10. The van der Waals surface area contributed by atoms with Gasteiger partial charge in [0, 0.05) is 31.2 Å². The number of aromatic amines is 1. The van der Waals surface area contributed by atoms with Crippen molar-refractivity contribution in [2.24, 2.45) is 23.1 Å². The van der Waals surface area contributed by atoms with Crippen molar-refractivity contribution in [1.29, 1.82) is 0 Å². The lowest BCUT2D eigenvalue weighted by Gasteiger charge is -2.26. The summed E-state index contributed by atoms with van der Waals surface area (Å²) in [5.74, 6) is -16.1. The van der Waals surface area contributed by atoms with Crippen LogP contribution in [0.1, 0.15) is 70.9 Å². The largest absolute Gasteiger partial charge is 0.481 e. The topological polar surface area (TPSA) is 558 Å². The molecule has 1 rings (SSSR count). The van der Waals surface area contributed by atoms with Crippen LogP contribution in [0.2, 0.25) is 0 Å². The van der Waals surface area contributed by atoms with E-state index in [0.717, 1.165) is 0 Å². The van der Waals surface area contributed by atoms with E-state index in [-0.39, 0.29) is 37.9 Å². The van der Waals surface area contributed by atoms with Crippen molar-refractivity contribution in [3.63, 3.8) is 0 Å². The highest BCUT2D eigenvalue weighted by Crippen LogP contribution is 2.08. The lowest BCUT2D eigenvalue weighted by atomic mass is 10.0. The third-order valence-electron chi connectivity index (χ3n) is 10.6. The molecule has 0 aliphatic carbocycles. The molecule has 1 aromatic rings. The van der Waals surface area contributed by atoms with Gasteiger partial charge in [0.25, 0.3) is 0 Å². The number of imidazole rings is 1. The van der Waals surface area contributed by atoms with Crippen LogP contribution in [0.5, 0.6) is 0 Å². The third-order valence-corrected chi connectivity index (χ3v) is 10.6. The molecule has 0 saturated carbocycles. The molecule has 0 unspecified atom stereocenters. The lowest BCUT2D eigenvalue weighted by Crippen LogP contribution is -2.60. The molecule has 0 aromatic carbocycles. The van der Waals surface area contributed by atoms with Crippen molar-refractivity contribution >= 4 is 77.0 Å². The van der Waals surface area contributed by atoms with Gasteiger partial charge in [0.05, 0.1) is 45.2 Å². The number of nitrogens with zero attached hydrogens (tertiary/aromatic N) is 1. The molecule has 1 aromatic heterocycles. The number of amides is 10. The van der Waals surface area contributed by atoms with E-state index in [1.165, 1.54) is 26.4 Å². The van der Waals surface area contributed by atoms with Crippen molar-refractivity contribution in [3.05, 3.63) is 18.2 Å². The fourth-order valence-corrected chi connectivity index (χ4v) is 6.46. The van der Waals surface area contributed by atoms with E-state index in [1.54, 1.807) is 0 Å². The Labute approximate surface area is 427 Å². The van der Waals surface area contributed by atoms with E-state index in [1.807, 2.05) is 0 Å². The minimum atomic E-state index is -1.88. The van der Waals surface area contributed by atoms with Gasteiger partial charge in [-0.2, -0.15) is 0 Å². The van der Waals surface area contributed by atoms with Gasteiger partial charge in [0.1, 0.15) is 48.3 Å². The Hall–Kier alpha value is -7.88. The van der Waals surface area contributed by atoms with Gasteiger partial charge in [-0.15, -0.1) is 0 Å². The van der Waals surface area contributed by atoms with Crippen LogP contribution in [0.25, 0.3) is 0 Å². The molecule has 1 heterocycles. The van der Waals surface area contributed by atoms with Crippen molar-refractivity contribution < 1.29 is 93.0 Å². The van der Waals surface area contributed by atoms with Gasteiger partial charge in [-0.1, -0.05) is 13.8 Å². The Morgan fingerprint density at radius 3 is 1.52 bits per heavy atom. The number of aliphatic hydroxyl groups excluding tert-OH is 3. The molecule has 33 nitrogen and oxygen atoms in total. The standard InChI is InChI=1S/C42H68N14O19/c1-19(2)33(42(74)75)56-39(71)25(12-32(64)65)52-40(72)27(16-58)54-36(68)22(5-3-4-10-43)49-30(61)14-47-35(67)26(15-57)53-41(73)28(17-59)55-38(70)24(11-20-13-46-18-48-20)51-37(69)23(7-8-29(45)60)50-34(66)21(44)6-9-31(62)63/h13,18-19,21-28,33,57-59H,3-12,14-17,43-44H2,1-2H3,(H2,45,60)(H,46,48)(H,47,67)(H,49,61)(H,50,66)(H,51,69)(H,52,72)(H,53,73)(H,54,68)(H,55,70)(H,56,71)(H,62,63)(H,64,65)(H,74,75)/t21-,22-,23-,24-,25-,26-,27-,28-,33-/m0/s1. The third kappa shape index (κ3) is 24.6. The SMILES string of the molecule is CC(C)[C@H](NC(=O)[C@H](CC(=O)O)NC(=O)[C@H](CO)NC(=O)[C@H](CCCCN)NC(=O)CNC(=O)[C@H](CO)NC(=O)[C@H](CO)NC(=O)[C@H](Cc1cnc[nH]1)NC(=O)[C@H](CCC(N)=O)NC(=O)[C@@H](N)CCC(=O)O)C(=O)O. The number of rotatable bonds is 37. The summed E-state index contributed by atoms with van der Waals surface area (Å²) in [5.41, 5.74) is 16.8. The molecule has 0 radical (unpaired) electrons. The number of hydrogen-bond donors (Lipinski definition) is 19. The summed E-state index contributed by atoms with van der Waals surface area (Å²) in [6, 6.07) is -15.0. The monoisotopic (exact) mass is 1070 g/mol. The highest BCUT2D eigenvalue weighted by atomic mass is 16.4. The zero-order valence-corrected chi connectivity index (χ0v) is 41.0. The molecular formula is C42H68N14O19. The minimum absolute atomic E-state index is 0.133. The number of carbonyl (C=O) groups is 13. The van der Waals surface area contributed by atoms with Gasteiger partial charge in [-0.3, -0.25) is 57.5 Å². The van der Waals surface area contributed by atoms with Crippen LogP contribution < -0.4 is 65.1 Å². The molecule has 10 amide bonds. The molecule has 0 saturated heterocycles. The second-order valence-corrected chi connectivity index (χ2v) is 17.0. The van der Waals surface area contributed by atoms with E-state index in [2.05, 4.69) is 57.8 Å². The van der Waals surface area contributed by atoms with Gasteiger partial charge in [0.2, 0.25) is 59.1 Å². The van der Waals surface area contributed by atoms with Crippen LogP contribution in [0.3, 0.4) is 0 Å². The summed E-state index contributed by atoms with van der Waals surface area (Å²) in [6.07, 6.45) is -0.127. The maximum absolute atomic E-state index is 13.6. The fraction of sp³-hybridized carbons (Fsp3) is 0.619. The number of carboxylic acids is 3. The molecule has 75 heavy (non-hydrogen) atoms. The first kappa shape index (κ1) is 65.1. The van der Waals surface area contributed by atoms with Gasteiger partial charge >= 0.3 is 17.9 Å². The molecule has 0 bridgehead atoms. The first-order valence-electron chi connectivity index (χ1n) is 23.2. The van der Waals surface area contributed by atoms with Crippen LogP contribution >= 0.6 is 0 Å². The van der Waals surface area contributed by atoms with Gasteiger partial charge in [-0.05, 0) is 44.6 Å². The summed E-state index contributed by atoms with van der Waals surface area (Å²) in [7, 11) is 0. The number of carbonyl (C=O) groups excluding carboxylic acids is 10. The maximum Gasteiger partial charge on any atom is 0.326 e. The van der Waals surface area contributed by atoms with Crippen LogP contribution in [0.4, 0.5) is 0 Å². The Morgan fingerprint density at radius 1 is 0.573 bits per heavy atom. The molecule has 0 aliphatic rings. The Morgan fingerprint density at radius 2 is 1.05 bits per heavy atom. The van der Waals surface area contributed by atoms with Gasteiger partial charge in [-0.25, -0.2) is 9.78 Å². The van der Waals surface area contributed by atoms with Crippen molar-refractivity contribution in [2.75, 3.05) is 32.9 Å². The average molecular weight is 1070 g/mol. The van der Waals surface area contributed by atoms with E-state index in [4.69, 9.17) is 22.3 Å². The number of aliphatic hydroxyl groups is 3. The highest BCUT2D eigenvalue weighted by Gasteiger charge is 2.35. The van der Waals surface area contributed by atoms with Crippen molar-refractivity contribution in [1.82, 2.24) is 57.8 Å². The number of primary amides is 1. The number of aliphatic carboxylic acids is 3. The molecule has 33 heteroatoms. The second kappa shape index (κ2) is 33.8. The van der Waals surface area contributed by atoms with Crippen LogP contribution in [-0.4, -0.2) is 205 Å². The number of aromatic nitrogens is 2. The summed E-state index contributed by atoms with van der Waals surface area (Å²) >= 11 is 0. The Kier molecular flexibility index (Phi) is 29.3. The predicted octanol–water partition coefficient (Wildman–Crippen LogP) is -9.27. The number of H-pyrrole nitrogens is 1. The van der Waals surface area contributed by atoms with Crippen molar-refractivity contribution in [2.45, 2.75) is 126 Å². The second-order valence-electron chi connectivity index (χ2n) is 17.0. The zero-order valence-electron chi connectivity index (χ0n) is 41.0. The first-order valence-corrected chi connectivity index (χ1v) is 23.2. The summed E-state index contributed by atoms with van der Waals surface area (Å²) in [5, 5.41) is 77.4. The molecule has 0 fully saturated rings.